The number of carbonyl (C=O) groups is 1. The van der Waals surface area contributed by atoms with Gasteiger partial charge in [-0.3, -0.25) is 4.79 Å². The smallest absolute Gasteiger partial charge is 0.234 e. The molecule has 0 unspecified atom stereocenters. The Balaban J connectivity index is 1.58. The summed E-state index contributed by atoms with van der Waals surface area (Å²) >= 11 is 1.53. The lowest BCUT2D eigenvalue weighted by atomic mass is 10.1. The number of carbonyl (C=O) groups excluding carboxylic acids is 1. The monoisotopic (exact) mass is 299 g/mol. The number of thioether (sulfide) groups is 1. The molecular weight excluding hydrogens is 282 g/mol. The van der Waals surface area contributed by atoms with Crippen LogP contribution < -0.4 is 5.32 Å². The summed E-state index contributed by atoms with van der Waals surface area (Å²) in [5.74, 6) is 0.322. The zero-order chi connectivity index (χ0) is 14.7. The molecule has 2 N–H and O–H groups in total. The zero-order valence-electron chi connectivity index (χ0n) is 11.6. The minimum Gasteiger partial charge on any atom is -0.506 e. The van der Waals surface area contributed by atoms with Gasteiger partial charge < -0.3 is 10.4 Å². The van der Waals surface area contributed by atoms with Crippen LogP contribution in [0.5, 0.6) is 5.75 Å². The molecule has 0 radical (unpaired) electrons. The fourth-order valence-corrected chi connectivity index (χ4v) is 3.31. The van der Waals surface area contributed by atoms with Gasteiger partial charge >= 0.3 is 0 Å². The quantitative estimate of drug-likeness (QED) is 0.670. The Morgan fingerprint density at radius 1 is 1.14 bits per heavy atom. The fraction of sp³-hybridized carbons (Fsp3) is 0.235. The number of para-hydroxylation sites is 2. The minimum atomic E-state index is -0.109. The number of phenolic OH excluding ortho intramolecular Hbond substituents is 1. The number of phenols is 1. The number of hydrogen-bond acceptors (Lipinski definition) is 3. The Hall–Kier alpha value is -1.94. The van der Waals surface area contributed by atoms with Crippen molar-refractivity contribution in [1.82, 2.24) is 0 Å². The minimum absolute atomic E-state index is 0.0911. The Morgan fingerprint density at radius 2 is 1.95 bits per heavy atom. The molecule has 0 aliphatic heterocycles. The van der Waals surface area contributed by atoms with Crippen molar-refractivity contribution in [3.63, 3.8) is 0 Å². The van der Waals surface area contributed by atoms with Crippen molar-refractivity contribution in [3.05, 3.63) is 53.6 Å². The van der Waals surface area contributed by atoms with Gasteiger partial charge in [0.05, 0.1) is 11.4 Å². The van der Waals surface area contributed by atoms with Gasteiger partial charge in [0.15, 0.2) is 0 Å². The lowest BCUT2D eigenvalue weighted by Gasteiger charge is -2.07. The van der Waals surface area contributed by atoms with Gasteiger partial charge in [-0.1, -0.05) is 18.2 Å². The van der Waals surface area contributed by atoms with E-state index in [0.717, 1.165) is 11.3 Å². The van der Waals surface area contributed by atoms with Gasteiger partial charge in [-0.05, 0) is 54.7 Å². The molecule has 2 aromatic carbocycles. The number of fused-ring (bicyclic) bond motifs is 1. The Morgan fingerprint density at radius 3 is 2.81 bits per heavy atom. The summed E-state index contributed by atoms with van der Waals surface area (Å²) in [4.78, 5) is 13.1. The Kier molecular flexibility index (Phi) is 4.15. The van der Waals surface area contributed by atoms with Gasteiger partial charge in [0.2, 0.25) is 5.91 Å². The largest absolute Gasteiger partial charge is 0.506 e. The van der Waals surface area contributed by atoms with Crippen molar-refractivity contribution in [2.45, 2.75) is 24.2 Å². The molecule has 108 valence electrons. The number of amides is 1. The van der Waals surface area contributed by atoms with Crippen LogP contribution in [-0.2, 0) is 17.6 Å². The molecule has 0 spiro atoms. The number of nitrogens with one attached hydrogen (secondary N) is 1. The molecule has 0 saturated carbocycles. The van der Waals surface area contributed by atoms with Crippen LogP contribution >= 0.6 is 11.8 Å². The second kappa shape index (κ2) is 6.22. The standard InChI is InChI=1S/C17H17NO2S/c19-16-7-2-1-6-15(16)18-17(20)11-21-14-9-8-12-4-3-5-13(12)10-14/h1-2,6-10,19H,3-5,11H2,(H,18,20). The highest BCUT2D eigenvalue weighted by molar-refractivity contribution is 8.00. The van der Waals surface area contributed by atoms with Crippen LogP contribution in [0.4, 0.5) is 5.69 Å². The summed E-state index contributed by atoms with van der Waals surface area (Å²) in [6.07, 6.45) is 3.55. The molecular formula is C17H17NO2S. The zero-order valence-corrected chi connectivity index (χ0v) is 12.5. The van der Waals surface area contributed by atoms with Crippen LogP contribution in [0.1, 0.15) is 17.5 Å². The maximum atomic E-state index is 11.9. The van der Waals surface area contributed by atoms with Crippen LogP contribution in [0.2, 0.25) is 0 Å². The van der Waals surface area contributed by atoms with E-state index in [1.54, 1.807) is 24.3 Å². The SMILES string of the molecule is O=C(CSc1ccc2c(c1)CCC2)Nc1ccccc1O. The van der Waals surface area contributed by atoms with Crippen LogP contribution in [-0.4, -0.2) is 16.8 Å². The average molecular weight is 299 g/mol. The summed E-state index contributed by atoms with van der Waals surface area (Å²) in [5.41, 5.74) is 3.32. The molecule has 1 aliphatic rings. The molecule has 3 nitrogen and oxygen atoms in total. The van der Waals surface area contributed by atoms with E-state index >= 15 is 0 Å². The van der Waals surface area contributed by atoms with E-state index in [9.17, 15) is 9.90 Å². The average Bonchev–Trinajstić information content (AvgIpc) is 2.95. The molecule has 3 rings (SSSR count). The van der Waals surface area contributed by atoms with E-state index in [0.29, 0.717) is 11.4 Å². The predicted molar refractivity (Wildman–Crippen MR) is 85.9 cm³/mol. The second-order valence-electron chi connectivity index (χ2n) is 5.14. The molecule has 0 fully saturated rings. The van der Waals surface area contributed by atoms with Crippen LogP contribution in [0.15, 0.2) is 47.4 Å². The highest BCUT2D eigenvalue weighted by Crippen LogP contribution is 2.28. The van der Waals surface area contributed by atoms with Gasteiger partial charge in [0, 0.05) is 4.90 Å². The normalized spacial score (nSPS) is 13.0. The number of aromatic hydroxyl groups is 1. The summed E-state index contributed by atoms with van der Waals surface area (Å²) in [6.45, 7) is 0. The van der Waals surface area contributed by atoms with Gasteiger partial charge in [0.1, 0.15) is 5.75 Å². The van der Waals surface area contributed by atoms with Crippen LogP contribution in [0.25, 0.3) is 0 Å². The highest BCUT2D eigenvalue weighted by Gasteiger charge is 2.12. The number of aryl methyl sites for hydroxylation is 2. The first-order chi connectivity index (χ1) is 10.2. The molecule has 0 aromatic heterocycles. The van der Waals surface area contributed by atoms with Gasteiger partial charge in [-0.2, -0.15) is 0 Å². The molecule has 4 heteroatoms. The van der Waals surface area contributed by atoms with E-state index in [-0.39, 0.29) is 11.7 Å². The molecule has 0 bridgehead atoms. The van der Waals surface area contributed by atoms with Crippen molar-refractivity contribution < 1.29 is 9.90 Å². The second-order valence-corrected chi connectivity index (χ2v) is 6.19. The molecule has 1 aliphatic carbocycles. The molecule has 21 heavy (non-hydrogen) atoms. The van der Waals surface area contributed by atoms with Crippen molar-refractivity contribution in [2.24, 2.45) is 0 Å². The molecule has 0 heterocycles. The van der Waals surface area contributed by atoms with Crippen molar-refractivity contribution in [1.29, 1.82) is 0 Å². The summed E-state index contributed by atoms with van der Waals surface area (Å²) < 4.78 is 0. The third-order valence-electron chi connectivity index (χ3n) is 3.62. The Bertz CT molecular complexity index is 670. The summed E-state index contributed by atoms with van der Waals surface area (Å²) in [7, 11) is 0. The first kappa shape index (κ1) is 14.0. The summed E-state index contributed by atoms with van der Waals surface area (Å²) in [5, 5.41) is 12.4. The fourth-order valence-electron chi connectivity index (χ4n) is 2.55. The van der Waals surface area contributed by atoms with E-state index in [1.165, 1.54) is 35.7 Å². The van der Waals surface area contributed by atoms with Crippen LogP contribution in [0, 0.1) is 0 Å². The maximum Gasteiger partial charge on any atom is 0.234 e. The number of rotatable bonds is 4. The van der Waals surface area contributed by atoms with E-state index in [2.05, 4.69) is 23.5 Å². The van der Waals surface area contributed by atoms with Gasteiger partial charge in [-0.15, -0.1) is 11.8 Å². The first-order valence-corrected chi connectivity index (χ1v) is 8.03. The van der Waals surface area contributed by atoms with Crippen molar-refractivity contribution >= 4 is 23.4 Å². The van der Waals surface area contributed by atoms with Crippen molar-refractivity contribution in [3.8, 4) is 5.75 Å². The topological polar surface area (TPSA) is 49.3 Å². The molecule has 2 aromatic rings. The van der Waals surface area contributed by atoms with E-state index < -0.39 is 0 Å². The molecule has 0 saturated heterocycles. The van der Waals surface area contributed by atoms with E-state index in [4.69, 9.17) is 0 Å². The maximum absolute atomic E-state index is 11.9. The Labute approximate surface area is 128 Å². The third kappa shape index (κ3) is 3.39. The highest BCUT2D eigenvalue weighted by atomic mass is 32.2. The van der Waals surface area contributed by atoms with E-state index in [1.807, 2.05) is 0 Å². The van der Waals surface area contributed by atoms with Crippen LogP contribution in [0.3, 0.4) is 0 Å². The molecule has 0 atom stereocenters. The number of hydrogen-bond donors (Lipinski definition) is 2. The van der Waals surface area contributed by atoms with Gasteiger partial charge in [0.25, 0.3) is 0 Å². The van der Waals surface area contributed by atoms with Crippen molar-refractivity contribution in [2.75, 3.05) is 11.1 Å². The van der Waals surface area contributed by atoms with Gasteiger partial charge in [-0.25, -0.2) is 0 Å². The summed E-state index contributed by atoms with van der Waals surface area (Å²) in [6, 6.07) is 13.2. The number of anilines is 1. The first-order valence-electron chi connectivity index (χ1n) is 7.05. The molecule has 1 amide bonds. The lowest BCUT2D eigenvalue weighted by Crippen LogP contribution is -2.14. The predicted octanol–water partition coefficient (Wildman–Crippen LogP) is 3.61. The lowest BCUT2D eigenvalue weighted by molar-refractivity contribution is -0.113. The third-order valence-corrected chi connectivity index (χ3v) is 4.61. The number of benzene rings is 2.